The van der Waals surface area contributed by atoms with Crippen LogP contribution in [0.5, 0.6) is 0 Å². The SMILES string of the molecule is CN(C)c1nccc(N2CCC(Cn3cnccc3=O)CC2)n1. The van der Waals surface area contributed by atoms with Gasteiger partial charge in [0.25, 0.3) is 5.56 Å². The summed E-state index contributed by atoms with van der Waals surface area (Å²) in [6.07, 6.45) is 7.06. The Hall–Kier alpha value is -2.44. The van der Waals surface area contributed by atoms with Gasteiger partial charge in [0.15, 0.2) is 0 Å². The first-order valence-electron chi connectivity index (χ1n) is 7.89. The summed E-state index contributed by atoms with van der Waals surface area (Å²) >= 11 is 0. The molecule has 0 unspecified atom stereocenters. The first kappa shape index (κ1) is 15.5. The Morgan fingerprint density at radius 1 is 1.22 bits per heavy atom. The first-order chi connectivity index (χ1) is 11.1. The Morgan fingerprint density at radius 3 is 2.70 bits per heavy atom. The molecule has 0 atom stereocenters. The average Bonchev–Trinajstić information content (AvgIpc) is 2.58. The van der Waals surface area contributed by atoms with Gasteiger partial charge in [0.1, 0.15) is 5.82 Å². The van der Waals surface area contributed by atoms with E-state index in [9.17, 15) is 4.79 Å². The summed E-state index contributed by atoms with van der Waals surface area (Å²) in [6, 6.07) is 3.47. The number of piperidine rings is 1. The molecule has 23 heavy (non-hydrogen) atoms. The quantitative estimate of drug-likeness (QED) is 0.839. The second kappa shape index (κ2) is 6.76. The van der Waals surface area contributed by atoms with Crippen molar-refractivity contribution in [3.8, 4) is 0 Å². The fourth-order valence-corrected chi connectivity index (χ4v) is 2.87. The molecule has 122 valence electrons. The largest absolute Gasteiger partial charge is 0.356 e. The van der Waals surface area contributed by atoms with Gasteiger partial charge < -0.3 is 9.80 Å². The molecular weight excluding hydrogens is 292 g/mol. The molecule has 0 N–H and O–H groups in total. The van der Waals surface area contributed by atoms with Gasteiger partial charge >= 0.3 is 0 Å². The maximum absolute atomic E-state index is 11.8. The molecule has 0 bridgehead atoms. The first-order valence-corrected chi connectivity index (χ1v) is 7.89. The molecule has 1 aliphatic rings. The van der Waals surface area contributed by atoms with Crippen molar-refractivity contribution in [2.24, 2.45) is 5.92 Å². The Morgan fingerprint density at radius 2 is 2.00 bits per heavy atom. The van der Waals surface area contributed by atoms with Gasteiger partial charge in [0.05, 0.1) is 6.33 Å². The lowest BCUT2D eigenvalue weighted by Crippen LogP contribution is -2.37. The fraction of sp³-hybridized carbons (Fsp3) is 0.500. The van der Waals surface area contributed by atoms with Gasteiger partial charge in [-0.05, 0) is 24.8 Å². The van der Waals surface area contributed by atoms with Crippen LogP contribution in [0.3, 0.4) is 0 Å². The van der Waals surface area contributed by atoms with Crippen molar-refractivity contribution in [1.29, 1.82) is 0 Å². The minimum Gasteiger partial charge on any atom is -0.356 e. The van der Waals surface area contributed by atoms with Crippen LogP contribution < -0.4 is 15.4 Å². The molecule has 7 nitrogen and oxygen atoms in total. The zero-order chi connectivity index (χ0) is 16.2. The van der Waals surface area contributed by atoms with E-state index in [0.29, 0.717) is 5.92 Å². The number of hydrogen-bond donors (Lipinski definition) is 0. The minimum absolute atomic E-state index is 0.0221. The van der Waals surface area contributed by atoms with Gasteiger partial charge in [-0.1, -0.05) is 0 Å². The van der Waals surface area contributed by atoms with E-state index in [2.05, 4.69) is 19.9 Å². The zero-order valence-electron chi connectivity index (χ0n) is 13.6. The van der Waals surface area contributed by atoms with Crippen molar-refractivity contribution in [3.05, 3.63) is 41.2 Å². The Labute approximate surface area is 135 Å². The predicted molar refractivity (Wildman–Crippen MR) is 89.8 cm³/mol. The number of aromatic nitrogens is 4. The molecule has 1 fully saturated rings. The maximum Gasteiger partial charge on any atom is 0.253 e. The van der Waals surface area contributed by atoms with Gasteiger partial charge in [0.2, 0.25) is 5.95 Å². The van der Waals surface area contributed by atoms with Crippen LogP contribution in [0.15, 0.2) is 35.6 Å². The molecule has 2 aromatic rings. The number of rotatable bonds is 4. The van der Waals surface area contributed by atoms with Gasteiger partial charge in [0, 0.05) is 52.2 Å². The van der Waals surface area contributed by atoms with Crippen LogP contribution in [0.1, 0.15) is 12.8 Å². The molecule has 0 radical (unpaired) electrons. The standard InChI is InChI=1S/C16H22N6O/c1-20(2)16-18-8-3-14(19-16)21-9-5-13(6-10-21)11-22-12-17-7-4-15(22)23/h3-4,7-8,12-13H,5-6,9-11H2,1-2H3. The molecule has 1 saturated heterocycles. The molecule has 0 saturated carbocycles. The van der Waals surface area contributed by atoms with E-state index in [-0.39, 0.29) is 5.56 Å². The molecule has 0 amide bonds. The second-order valence-corrected chi connectivity index (χ2v) is 6.11. The van der Waals surface area contributed by atoms with Gasteiger partial charge in [-0.25, -0.2) is 9.97 Å². The van der Waals surface area contributed by atoms with E-state index in [0.717, 1.165) is 44.2 Å². The highest BCUT2D eigenvalue weighted by molar-refractivity contribution is 5.43. The highest BCUT2D eigenvalue weighted by Crippen LogP contribution is 2.23. The maximum atomic E-state index is 11.8. The third-order valence-corrected chi connectivity index (χ3v) is 4.21. The number of nitrogens with zero attached hydrogens (tertiary/aromatic N) is 6. The third-order valence-electron chi connectivity index (χ3n) is 4.21. The summed E-state index contributed by atoms with van der Waals surface area (Å²) in [7, 11) is 3.88. The van der Waals surface area contributed by atoms with Crippen LogP contribution in [-0.4, -0.2) is 46.7 Å². The molecule has 3 heterocycles. The third kappa shape index (κ3) is 3.67. The summed E-state index contributed by atoms with van der Waals surface area (Å²) in [5.41, 5.74) is 0.0221. The van der Waals surface area contributed by atoms with Crippen LogP contribution in [-0.2, 0) is 6.54 Å². The van der Waals surface area contributed by atoms with Crippen molar-refractivity contribution in [2.75, 3.05) is 37.0 Å². The molecule has 1 aliphatic heterocycles. The van der Waals surface area contributed by atoms with Crippen molar-refractivity contribution in [3.63, 3.8) is 0 Å². The second-order valence-electron chi connectivity index (χ2n) is 6.11. The van der Waals surface area contributed by atoms with Crippen molar-refractivity contribution >= 4 is 11.8 Å². The molecule has 0 aliphatic carbocycles. The monoisotopic (exact) mass is 314 g/mol. The van der Waals surface area contributed by atoms with Crippen molar-refractivity contribution < 1.29 is 0 Å². The molecule has 0 spiro atoms. The summed E-state index contributed by atoms with van der Waals surface area (Å²) in [4.78, 5) is 28.9. The van der Waals surface area contributed by atoms with Gasteiger partial charge in [-0.15, -0.1) is 0 Å². The lowest BCUT2D eigenvalue weighted by atomic mass is 9.96. The zero-order valence-corrected chi connectivity index (χ0v) is 13.6. The number of hydrogen-bond acceptors (Lipinski definition) is 6. The smallest absolute Gasteiger partial charge is 0.253 e. The molecule has 7 heteroatoms. The summed E-state index contributed by atoms with van der Waals surface area (Å²) in [5, 5.41) is 0. The summed E-state index contributed by atoms with van der Waals surface area (Å²) in [5.74, 6) is 2.20. The molecular formula is C16H22N6O. The van der Waals surface area contributed by atoms with Crippen molar-refractivity contribution in [1.82, 2.24) is 19.5 Å². The molecule has 3 rings (SSSR count). The van der Waals surface area contributed by atoms with E-state index in [4.69, 9.17) is 0 Å². The Bertz CT molecular complexity index is 705. The number of anilines is 2. The summed E-state index contributed by atoms with van der Waals surface area (Å²) in [6.45, 7) is 2.64. The lowest BCUT2D eigenvalue weighted by Gasteiger charge is -2.33. The topological polar surface area (TPSA) is 67.2 Å². The average molecular weight is 314 g/mol. The van der Waals surface area contributed by atoms with Crippen LogP contribution in [0.2, 0.25) is 0 Å². The lowest BCUT2D eigenvalue weighted by molar-refractivity contribution is 0.350. The van der Waals surface area contributed by atoms with Gasteiger partial charge in [-0.2, -0.15) is 4.98 Å². The van der Waals surface area contributed by atoms with Crippen LogP contribution >= 0.6 is 0 Å². The van der Waals surface area contributed by atoms with Crippen LogP contribution in [0, 0.1) is 5.92 Å². The van der Waals surface area contributed by atoms with Crippen LogP contribution in [0.4, 0.5) is 11.8 Å². The van der Waals surface area contributed by atoms with Crippen molar-refractivity contribution in [2.45, 2.75) is 19.4 Å². The fourth-order valence-electron chi connectivity index (χ4n) is 2.87. The van der Waals surface area contributed by atoms with Gasteiger partial charge in [-0.3, -0.25) is 9.36 Å². The van der Waals surface area contributed by atoms with E-state index in [1.807, 2.05) is 25.1 Å². The normalized spacial score (nSPS) is 15.7. The Balaban J connectivity index is 1.61. The summed E-state index contributed by atoms with van der Waals surface area (Å²) < 4.78 is 1.70. The van der Waals surface area contributed by atoms with E-state index in [1.54, 1.807) is 23.3 Å². The minimum atomic E-state index is 0.0221. The molecule has 2 aromatic heterocycles. The predicted octanol–water partition coefficient (Wildman–Crippen LogP) is 1.02. The van der Waals surface area contributed by atoms with E-state index >= 15 is 0 Å². The van der Waals surface area contributed by atoms with E-state index in [1.165, 1.54) is 6.07 Å². The Kier molecular flexibility index (Phi) is 4.55. The van der Waals surface area contributed by atoms with E-state index < -0.39 is 0 Å². The highest BCUT2D eigenvalue weighted by atomic mass is 16.1. The molecule has 0 aromatic carbocycles. The van der Waals surface area contributed by atoms with Crippen LogP contribution in [0.25, 0.3) is 0 Å². The highest BCUT2D eigenvalue weighted by Gasteiger charge is 2.21.